The van der Waals surface area contributed by atoms with Gasteiger partial charge in [0.25, 0.3) is 0 Å². The largest absolute Gasteiger partial charge is 0.417 e. The van der Waals surface area contributed by atoms with E-state index >= 15 is 26.3 Å². The topological polar surface area (TPSA) is 9.86 Å². The molecule has 0 amide bonds. The van der Waals surface area contributed by atoms with E-state index < -0.39 is 34.6 Å². The van der Waals surface area contributed by atoms with Crippen molar-refractivity contribution in [1.82, 2.24) is 9.13 Å². The maximum absolute atomic E-state index is 15.4. The molecule has 11 aromatic rings. The highest BCUT2D eigenvalue weighted by atomic mass is 19.4. The van der Waals surface area contributed by atoms with E-state index in [0.29, 0.717) is 22.2 Å². The monoisotopic (exact) mass is 904 g/mol. The van der Waals surface area contributed by atoms with E-state index in [9.17, 15) is 0 Å². The van der Waals surface area contributed by atoms with Gasteiger partial charge in [0.15, 0.2) is 0 Å². The number of nitrogens with zero attached hydrogens (tertiary/aromatic N) is 2. The SMILES string of the molecule is Cc1cccc(-c2ccc3c(c2)c2cc(-c4cccc(C)c4)ccc2n3-c2ccc(C(F)(F)F)c(-c3cc(-n4c5ccc(-c6cccc(C)c6)cc5c5c(C)cccc54)ccc3C(F)(F)F)c2)c1. The number of alkyl halides is 6. The molecule has 334 valence electrons. The molecular weight excluding hydrogens is 863 g/mol. The lowest BCUT2D eigenvalue weighted by Crippen LogP contribution is -2.12. The molecule has 0 spiro atoms. The molecule has 0 fully saturated rings. The highest BCUT2D eigenvalue weighted by Crippen LogP contribution is 2.47. The number of hydrogen-bond acceptors (Lipinski definition) is 0. The van der Waals surface area contributed by atoms with Crippen molar-refractivity contribution >= 4 is 43.6 Å². The summed E-state index contributed by atoms with van der Waals surface area (Å²) >= 11 is 0. The maximum Gasteiger partial charge on any atom is 0.417 e. The number of aromatic nitrogens is 2. The van der Waals surface area contributed by atoms with Crippen LogP contribution in [0.3, 0.4) is 0 Å². The van der Waals surface area contributed by atoms with Crippen LogP contribution in [0.25, 0.3) is 99.5 Å². The van der Waals surface area contributed by atoms with E-state index in [-0.39, 0.29) is 5.69 Å². The molecule has 2 heterocycles. The fourth-order valence-electron chi connectivity index (χ4n) is 10.1. The summed E-state index contributed by atoms with van der Waals surface area (Å²) in [5.41, 5.74) is 10.0. The molecule has 8 heteroatoms. The van der Waals surface area contributed by atoms with Crippen LogP contribution in [0.4, 0.5) is 26.3 Å². The predicted octanol–water partition coefficient (Wildman–Crippen LogP) is 17.8. The van der Waals surface area contributed by atoms with Gasteiger partial charge in [-0.05, 0) is 157 Å². The van der Waals surface area contributed by atoms with Crippen molar-refractivity contribution in [3.63, 3.8) is 0 Å². The van der Waals surface area contributed by atoms with Crippen LogP contribution >= 0.6 is 0 Å². The van der Waals surface area contributed by atoms with E-state index in [1.807, 2.05) is 146 Å². The number of rotatable bonds is 6. The standard InChI is InChI=1S/C60H42F6N2/c1-35-9-5-13-39(27-35)42-17-24-54-49(30-42)50-31-43(40-14-6-10-36(2)28-40)18-25-55(50)67(54)45-20-22-52(59(61,62)63)47(33-45)48-34-46(21-23-53(48)60(64,65)66)68-56-26-19-44(41-15-7-11-37(3)29-41)32-51(56)58-38(4)12-8-16-57(58)68/h5-34H,1-4H3. The first-order valence-corrected chi connectivity index (χ1v) is 22.4. The molecule has 0 atom stereocenters. The Hall–Kier alpha value is -7.84. The minimum absolute atomic E-state index is 0.286. The van der Waals surface area contributed by atoms with E-state index in [0.717, 1.165) is 94.8 Å². The van der Waals surface area contributed by atoms with Crippen LogP contribution in [0.15, 0.2) is 182 Å². The zero-order valence-corrected chi connectivity index (χ0v) is 37.5. The normalized spacial score (nSPS) is 12.3. The van der Waals surface area contributed by atoms with Gasteiger partial charge < -0.3 is 9.13 Å². The van der Waals surface area contributed by atoms with Crippen molar-refractivity contribution in [2.24, 2.45) is 0 Å². The van der Waals surface area contributed by atoms with Crippen molar-refractivity contribution < 1.29 is 26.3 Å². The van der Waals surface area contributed by atoms with E-state index in [4.69, 9.17) is 0 Å². The molecule has 0 aliphatic heterocycles. The highest BCUT2D eigenvalue weighted by molar-refractivity contribution is 6.13. The number of benzene rings is 9. The summed E-state index contributed by atoms with van der Waals surface area (Å²) in [6.45, 7) is 8.05. The first-order chi connectivity index (χ1) is 32.6. The molecule has 0 radical (unpaired) electrons. The second kappa shape index (κ2) is 15.9. The predicted molar refractivity (Wildman–Crippen MR) is 266 cm³/mol. The molecular formula is C60H42F6N2. The third kappa shape index (κ3) is 7.32. The first kappa shape index (κ1) is 42.8. The van der Waals surface area contributed by atoms with E-state index in [2.05, 4.69) is 36.4 Å². The van der Waals surface area contributed by atoms with Crippen LogP contribution < -0.4 is 0 Å². The lowest BCUT2D eigenvalue weighted by molar-refractivity contribution is -0.139. The number of aryl methyl sites for hydroxylation is 4. The lowest BCUT2D eigenvalue weighted by atomic mass is 9.93. The van der Waals surface area contributed by atoms with Crippen molar-refractivity contribution in [1.29, 1.82) is 0 Å². The fraction of sp³-hybridized carbons (Fsp3) is 0.100. The van der Waals surface area contributed by atoms with Crippen LogP contribution in [-0.2, 0) is 12.4 Å². The smallest absolute Gasteiger partial charge is 0.309 e. The molecule has 0 aliphatic carbocycles. The molecule has 68 heavy (non-hydrogen) atoms. The minimum Gasteiger partial charge on any atom is -0.309 e. The van der Waals surface area contributed by atoms with Crippen LogP contribution in [0, 0.1) is 27.7 Å². The van der Waals surface area contributed by atoms with Crippen LogP contribution in [-0.4, -0.2) is 9.13 Å². The zero-order valence-electron chi connectivity index (χ0n) is 37.5. The highest BCUT2D eigenvalue weighted by Gasteiger charge is 2.39. The first-order valence-electron chi connectivity index (χ1n) is 22.4. The molecule has 11 rings (SSSR count). The Morgan fingerprint density at radius 1 is 0.324 bits per heavy atom. The van der Waals surface area contributed by atoms with Gasteiger partial charge >= 0.3 is 12.4 Å². The van der Waals surface area contributed by atoms with Crippen LogP contribution in [0.5, 0.6) is 0 Å². The summed E-state index contributed by atoms with van der Waals surface area (Å²) in [5.74, 6) is 0. The summed E-state index contributed by atoms with van der Waals surface area (Å²) < 4.78 is 95.8. The number of hydrogen-bond donors (Lipinski definition) is 0. The summed E-state index contributed by atoms with van der Waals surface area (Å²) in [6.07, 6.45) is -9.98. The van der Waals surface area contributed by atoms with Gasteiger partial charge in [-0.15, -0.1) is 0 Å². The molecule has 2 nitrogen and oxygen atoms in total. The van der Waals surface area contributed by atoms with Gasteiger partial charge in [0.2, 0.25) is 0 Å². The fourth-order valence-corrected chi connectivity index (χ4v) is 10.1. The Morgan fingerprint density at radius 3 is 1.10 bits per heavy atom. The van der Waals surface area contributed by atoms with E-state index in [1.165, 1.54) is 24.3 Å². The summed E-state index contributed by atoms with van der Waals surface area (Å²) in [5, 5.41) is 3.47. The average molecular weight is 905 g/mol. The Labute approximate surface area is 389 Å². The number of halogens is 6. The second-order valence-electron chi connectivity index (χ2n) is 17.9. The molecule has 0 bridgehead atoms. The quantitative estimate of drug-likeness (QED) is 0.147. The summed E-state index contributed by atoms with van der Waals surface area (Å²) in [7, 11) is 0. The van der Waals surface area contributed by atoms with Gasteiger partial charge in [-0.25, -0.2) is 0 Å². The Kier molecular flexibility index (Phi) is 10.0. The Balaban J connectivity index is 1.16. The summed E-state index contributed by atoms with van der Waals surface area (Å²) in [6, 6.07) is 55.2. The molecule has 9 aromatic carbocycles. The molecule has 2 aromatic heterocycles. The van der Waals surface area contributed by atoms with Gasteiger partial charge in [0, 0.05) is 32.9 Å². The van der Waals surface area contributed by atoms with Crippen molar-refractivity contribution in [2.45, 2.75) is 40.0 Å². The average Bonchev–Trinajstić information content (AvgIpc) is 3.83. The molecule has 0 aliphatic rings. The van der Waals surface area contributed by atoms with Gasteiger partial charge in [-0.1, -0.05) is 120 Å². The second-order valence-corrected chi connectivity index (χ2v) is 17.9. The van der Waals surface area contributed by atoms with Crippen LogP contribution in [0.1, 0.15) is 33.4 Å². The Morgan fingerprint density at radius 2 is 0.691 bits per heavy atom. The van der Waals surface area contributed by atoms with Crippen molar-refractivity contribution in [3.05, 3.63) is 215 Å². The van der Waals surface area contributed by atoms with Gasteiger partial charge in [0.1, 0.15) is 0 Å². The van der Waals surface area contributed by atoms with Crippen molar-refractivity contribution in [2.75, 3.05) is 0 Å². The lowest BCUT2D eigenvalue weighted by Gasteiger charge is -2.21. The van der Waals surface area contributed by atoms with Gasteiger partial charge in [-0.3, -0.25) is 0 Å². The maximum atomic E-state index is 15.4. The number of fused-ring (bicyclic) bond motifs is 6. The molecule has 0 saturated heterocycles. The summed E-state index contributed by atoms with van der Waals surface area (Å²) in [4.78, 5) is 0. The zero-order chi connectivity index (χ0) is 47.2. The van der Waals surface area contributed by atoms with Crippen molar-refractivity contribution in [3.8, 4) is 55.9 Å². The third-order valence-corrected chi connectivity index (χ3v) is 13.2. The molecule has 0 saturated carbocycles. The minimum atomic E-state index is -4.99. The molecule has 0 unspecified atom stereocenters. The van der Waals surface area contributed by atoms with Gasteiger partial charge in [-0.2, -0.15) is 26.3 Å². The third-order valence-electron chi connectivity index (χ3n) is 13.2. The Bertz CT molecular complexity index is 3720. The van der Waals surface area contributed by atoms with Crippen LogP contribution in [0.2, 0.25) is 0 Å². The molecule has 0 N–H and O–H groups in total. The van der Waals surface area contributed by atoms with E-state index in [1.54, 1.807) is 0 Å². The van der Waals surface area contributed by atoms with Gasteiger partial charge in [0.05, 0.1) is 33.2 Å².